The molecule has 0 spiro atoms. The van der Waals surface area contributed by atoms with Crippen molar-refractivity contribution < 1.29 is 9.90 Å². The number of carbonyl (C=O) groups is 1. The molecule has 0 bridgehead atoms. The van der Waals surface area contributed by atoms with Crippen LogP contribution >= 0.6 is 0 Å². The molecule has 1 heterocycles. The van der Waals surface area contributed by atoms with E-state index in [1.807, 2.05) is 0 Å². The van der Waals surface area contributed by atoms with Crippen LogP contribution < -0.4 is 4.90 Å². The van der Waals surface area contributed by atoms with Crippen molar-refractivity contribution in [2.24, 2.45) is 11.8 Å². The van der Waals surface area contributed by atoms with Crippen LogP contribution in [0, 0.1) is 11.8 Å². The summed E-state index contributed by atoms with van der Waals surface area (Å²) in [4.78, 5) is 13.5. The second-order valence-corrected chi connectivity index (χ2v) is 6.42. The first kappa shape index (κ1) is 13.5. The zero-order chi connectivity index (χ0) is 14.1. The van der Waals surface area contributed by atoms with Crippen LogP contribution in [0.4, 0.5) is 5.69 Å². The second-order valence-electron chi connectivity index (χ2n) is 6.42. The highest BCUT2D eigenvalue weighted by atomic mass is 16.4. The van der Waals surface area contributed by atoms with Gasteiger partial charge in [0.1, 0.15) is 0 Å². The smallest absolute Gasteiger partial charge is 0.303 e. The van der Waals surface area contributed by atoms with Gasteiger partial charge in [-0.1, -0.05) is 31.5 Å². The minimum absolute atomic E-state index is 0.194. The van der Waals surface area contributed by atoms with Gasteiger partial charge in [0.15, 0.2) is 0 Å². The van der Waals surface area contributed by atoms with Gasteiger partial charge in [-0.25, -0.2) is 0 Å². The van der Waals surface area contributed by atoms with Gasteiger partial charge >= 0.3 is 5.97 Å². The number of benzene rings is 1. The molecule has 1 N–H and O–H groups in total. The van der Waals surface area contributed by atoms with Crippen molar-refractivity contribution in [3.63, 3.8) is 0 Å². The molecule has 1 aromatic carbocycles. The average molecular weight is 273 g/mol. The Morgan fingerprint density at radius 2 is 2.15 bits per heavy atom. The van der Waals surface area contributed by atoms with Crippen LogP contribution in [0.25, 0.3) is 0 Å². The fourth-order valence-electron chi connectivity index (χ4n) is 3.58. The van der Waals surface area contributed by atoms with Crippen molar-refractivity contribution in [1.29, 1.82) is 0 Å². The summed E-state index contributed by atoms with van der Waals surface area (Å²) in [6.07, 6.45) is 5.28. The molecular weight excluding hydrogens is 250 g/mol. The van der Waals surface area contributed by atoms with E-state index in [9.17, 15) is 4.79 Å². The van der Waals surface area contributed by atoms with Gasteiger partial charge in [0.2, 0.25) is 0 Å². The number of nitrogens with zero attached hydrogens (tertiary/aromatic N) is 1. The Morgan fingerprint density at radius 1 is 1.40 bits per heavy atom. The van der Waals surface area contributed by atoms with Gasteiger partial charge in [-0.15, -0.1) is 0 Å². The van der Waals surface area contributed by atoms with Crippen molar-refractivity contribution in [1.82, 2.24) is 0 Å². The van der Waals surface area contributed by atoms with Gasteiger partial charge in [0.05, 0.1) is 0 Å². The first-order valence-corrected chi connectivity index (χ1v) is 7.71. The number of anilines is 1. The van der Waals surface area contributed by atoms with Crippen molar-refractivity contribution >= 4 is 11.7 Å². The van der Waals surface area contributed by atoms with E-state index in [4.69, 9.17) is 5.11 Å². The quantitative estimate of drug-likeness (QED) is 0.894. The standard InChI is InChI=1S/C17H23NO2/c1-12(9-17(19)20)16-10-14-7-2-3-8-15(14)18(16)11-13-5-4-6-13/h2-3,7-8,12-13,16H,4-6,9-11H2,1H3,(H,19,20). The Morgan fingerprint density at radius 3 is 2.80 bits per heavy atom. The molecule has 108 valence electrons. The second kappa shape index (κ2) is 5.47. The first-order chi connectivity index (χ1) is 9.65. The van der Waals surface area contributed by atoms with E-state index in [0.29, 0.717) is 6.04 Å². The van der Waals surface area contributed by atoms with Crippen LogP contribution in [0.15, 0.2) is 24.3 Å². The van der Waals surface area contributed by atoms with Crippen molar-refractivity contribution in [3.8, 4) is 0 Å². The molecule has 2 aliphatic rings. The van der Waals surface area contributed by atoms with Crippen molar-refractivity contribution in [2.45, 2.75) is 45.1 Å². The molecule has 3 nitrogen and oxygen atoms in total. The van der Waals surface area contributed by atoms with E-state index in [1.165, 1.54) is 30.5 Å². The molecule has 0 saturated heterocycles. The number of fused-ring (bicyclic) bond motifs is 1. The highest BCUT2D eigenvalue weighted by Crippen LogP contribution is 2.39. The van der Waals surface area contributed by atoms with Gasteiger partial charge in [-0.05, 0) is 42.7 Å². The third-order valence-corrected chi connectivity index (χ3v) is 4.96. The maximum atomic E-state index is 11.0. The Hall–Kier alpha value is -1.51. The summed E-state index contributed by atoms with van der Waals surface area (Å²) in [7, 11) is 0. The lowest BCUT2D eigenvalue weighted by Gasteiger charge is -2.37. The fourth-order valence-corrected chi connectivity index (χ4v) is 3.58. The van der Waals surface area contributed by atoms with Crippen LogP contribution in [0.1, 0.15) is 38.2 Å². The Labute approximate surface area is 120 Å². The van der Waals surface area contributed by atoms with Crippen LogP contribution in [0.2, 0.25) is 0 Å². The first-order valence-electron chi connectivity index (χ1n) is 7.71. The van der Waals surface area contributed by atoms with Crippen LogP contribution in [0.3, 0.4) is 0 Å². The van der Waals surface area contributed by atoms with Gasteiger partial charge in [-0.2, -0.15) is 0 Å². The number of para-hydroxylation sites is 1. The van der Waals surface area contributed by atoms with Crippen LogP contribution in [-0.4, -0.2) is 23.7 Å². The maximum absolute atomic E-state index is 11.0. The monoisotopic (exact) mass is 273 g/mol. The Balaban J connectivity index is 1.80. The number of carboxylic acids is 1. The molecule has 2 atom stereocenters. The molecule has 1 saturated carbocycles. The van der Waals surface area contributed by atoms with Gasteiger partial charge in [-0.3, -0.25) is 4.79 Å². The number of aliphatic carboxylic acids is 1. The molecule has 0 aromatic heterocycles. The molecule has 0 radical (unpaired) electrons. The number of hydrogen-bond donors (Lipinski definition) is 1. The van der Waals surface area contributed by atoms with Gasteiger partial charge in [0.25, 0.3) is 0 Å². The lowest BCUT2D eigenvalue weighted by atomic mass is 9.84. The molecule has 2 unspecified atom stereocenters. The van der Waals surface area contributed by atoms with E-state index in [0.717, 1.165) is 18.9 Å². The van der Waals surface area contributed by atoms with Crippen LogP contribution in [0.5, 0.6) is 0 Å². The molecule has 1 aliphatic heterocycles. The summed E-state index contributed by atoms with van der Waals surface area (Å²) in [6.45, 7) is 3.18. The molecule has 1 aliphatic carbocycles. The normalized spacial score (nSPS) is 23.2. The highest BCUT2D eigenvalue weighted by Gasteiger charge is 2.35. The molecule has 1 aromatic rings. The average Bonchev–Trinajstić information content (AvgIpc) is 2.72. The third-order valence-electron chi connectivity index (χ3n) is 4.96. The largest absolute Gasteiger partial charge is 0.481 e. The Kier molecular flexibility index (Phi) is 3.68. The van der Waals surface area contributed by atoms with E-state index in [-0.39, 0.29) is 12.3 Å². The molecule has 0 amide bonds. The molecule has 3 heteroatoms. The van der Waals surface area contributed by atoms with Crippen molar-refractivity contribution in [3.05, 3.63) is 29.8 Å². The molecule has 1 fully saturated rings. The Bertz CT molecular complexity index is 496. The zero-order valence-electron chi connectivity index (χ0n) is 12.1. The maximum Gasteiger partial charge on any atom is 0.303 e. The SMILES string of the molecule is CC(CC(=O)O)C1Cc2ccccc2N1CC1CCC1. The molecule has 20 heavy (non-hydrogen) atoms. The van der Waals surface area contributed by atoms with E-state index < -0.39 is 5.97 Å². The fraction of sp³-hybridized carbons (Fsp3) is 0.588. The lowest BCUT2D eigenvalue weighted by Crippen LogP contribution is -2.42. The summed E-state index contributed by atoms with van der Waals surface area (Å²) in [5.74, 6) is 0.317. The van der Waals surface area contributed by atoms with Gasteiger partial charge in [0, 0.05) is 24.7 Å². The summed E-state index contributed by atoms with van der Waals surface area (Å²) in [5.41, 5.74) is 2.72. The summed E-state index contributed by atoms with van der Waals surface area (Å²) < 4.78 is 0. The summed E-state index contributed by atoms with van der Waals surface area (Å²) in [6, 6.07) is 8.92. The number of hydrogen-bond acceptors (Lipinski definition) is 2. The zero-order valence-corrected chi connectivity index (χ0v) is 12.1. The number of carboxylic acid groups (broad SMARTS) is 1. The third kappa shape index (κ3) is 2.54. The van der Waals surface area contributed by atoms with E-state index >= 15 is 0 Å². The summed E-state index contributed by atoms with van der Waals surface area (Å²) >= 11 is 0. The topological polar surface area (TPSA) is 40.5 Å². The summed E-state index contributed by atoms with van der Waals surface area (Å²) in [5, 5.41) is 9.07. The van der Waals surface area contributed by atoms with Gasteiger partial charge < -0.3 is 10.0 Å². The lowest BCUT2D eigenvalue weighted by molar-refractivity contribution is -0.138. The highest BCUT2D eigenvalue weighted by molar-refractivity contribution is 5.68. The molecule has 3 rings (SSSR count). The van der Waals surface area contributed by atoms with E-state index in [2.05, 4.69) is 36.1 Å². The minimum atomic E-state index is -0.683. The predicted molar refractivity (Wildman–Crippen MR) is 80.0 cm³/mol. The predicted octanol–water partition coefficient (Wildman–Crippen LogP) is 3.33. The van der Waals surface area contributed by atoms with E-state index in [1.54, 1.807) is 0 Å². The number of rotatable bonds is 5. The minimum Gasteiger partial charge on any atom is -0.481 e. The molecular formula is C17H23NO2. The van der Waals surface area contributed by atoms with Crippen LogP contribution in [-0.2, 0) is 11.2 Å². The van der Waals surface area contributed by atoms with Crippen molar-refractivity contribution in [2.75, 3.05) is 11.4 Å².